The van der Waals surface area contributed by atoms with Crippen LogP contribution in [-0.4, -0.2) is 72.6 Å². The molecule has 4 rings (SSSR count). The number of amides is 2. The molecule has 1 atom stereocenters. The Morgan fingerprint density at radius 1 is 1.19 bits per heavy atom. The van der Waals surface area contributed by atoms with Crippen molar-refractivity contribution in [3.63, 3.8) is 0 Å². The second kappa shape index (κ2) is 7.98. The number of aliphatic hydroxyl groups is 1. The maximum atomic E-state index is 13.2. The van der Waals surface area contributed by atoms with Gasteiger partial charge >= 0.3 is 0 Å². The van der Waals surface area contributed by atoms with E-state index >= 15 is 0 Å². The zero-order valence-electron chi connectivity index (χ0n) is 18.5. The van der Waals surface area contributed by atoms with Gasteiger partial charge in [0.15, 0.2) is 5.65 Å². The molecule has 2 amide bonds. The first kappa shape index (κ1) is 21.9. The molecule has 3 aromatic rings. The van der Waals surface area contributed by atoms with Crippen LogP contribution in [0.25, 0.3) is 16.9 Å². The van der Waals surface area contributed by atoms with Crippen LogP contribution in [0.3, 0.4) is 0 Å². The van der Waals surface area contributed by atoms with E-state index in [4.69, 9.17) is 0 Å². The van der Waals surface area contributed by atoms with Gasteiger partial charge in [-0.25, -0.2) is 13.9 Å². The first-order valence-corrected chi connectivity index (χ1v) is 10.5. The Morgan fingerprint density at radius 2 is 1.88 bits per heavy atom. The summed E-state index contributed by atoms with van der Waals surface area (Å²) in [6.07, 6.45) is 1.59. The largest absolute Gasteiger partial charge is 0.381 e. The van der Waals surface area contributed by atoms with Crippen molar-refractivity contribution >= 4 is 17.5 Å². The van der Waals surface area contributed by atoms with Gasteiger partial charge in [-0.05, 0) is 63.6 Å². The molecule has 2 aromatic heterocycles. The van der Waals surface area contributed by atoms with Gasteiger partial charge in [0.05, 0.1) is 11.9 Å². The molecule has 9 heteroatoms. The van der Waals surface area contributed by atoms with Crippen molar-refractivity contribution in [2.75, 3.05) is 19.6 Å². The Kier molecular flexibility index (Phi) is 5.46. The molecule has 1 aromatic carbocycles. The van der Waals surface area contributed by atoms with Crippen molar-refractivity contribution in [2.24, 2.45) is 0 Å². The highest BCUT2D eigenvalue weighted by Gasteiger charge is 2.36. The van der Waals surface area contributed by atoms with Crippen molar-refractivity contribution in [2.45, 2.75) is 39.3 Å². The smallest absolute Gasteiger partial charge is 0.274 e. The van der Waals surface area contributed by atoms with Gasteiger partial charge in [0.2, 0.25) is 0 Å². The van der Waals surface area contributed by atoms with Gasteiger partial charge in [0.1, 0.15) is 17.1 Å². The SMILES string of the molecule is Cc1cc(-c2ccc(F)cc2)nn2cc(C(=O)N3CCN(C(=O)C(C)(C)O)[C@@H](C)C3)nc12. The molecule has 168 valence electrons. The Morgan fingerprint density at radius 3 is 2.50 bits per heavy atom. The standard InChI is InChI=1S/C23H26FN5O3/c1-14-11-18(16-5-7-17(24)8-6-16)26-29-13-19(25-20(14)29)21(30)27-9-10-28(15(2)12-27)22(31)23(3,4)32/h5-8,11,13,15,32H,9-10,12H2,1-4H3/t15-/m0/s1. The van der Waals surface area contributed by atoms with Crippen LogP contribution in [-0.2, 0) is 4.79 Å². The van der Waals surface area contributed by atoms with Crippen LogP contribution in [0.4, 0.5) is 4.39 Å². The predicted molar refractivity (Wildman–Crippen MR) is 116 cm³/mol. The number of rotatable bonds is 3. The van der Waals surface area contributed by atoms with Crippen molar-refractivity contribution in [1.82, 2.24) is 24.4 Å². The number of nitrogens with zero attached hydrogens (tertiary/aromatic N) is 5. The van der Waals surface area contributed by atoms with E-state index in [0.29, 0.717) is 31.0 Å². The van der Waals surface area contributed by atoms with Crippen LogP contribution >= 0.6 is 0 Å². The molecule has 0 unspecified atom stereocenters. The quantitative estimate of drug-likeness (QED) is 0.676. The number of benzene rings is 1. The molecule has 1 saturated heterocycles. The van der Waals surface area contributed by atoms with E-state index < -0.39 is 5.60 Å². The third-order valence-corrected chi connectivity index (χ3v) is 5.67. The third-order valence-electron chi connectivity index (χ3n) is 5.67. The van der Waals surface area contributed by atoms with E-state index in [1.54, 1.807) is 32.6 Å². The number of carbonyl (C=O) groups excluding carboxylic acids is 2. The lowest BCUT2D eigenvalue weighted by Crippen LogP contribution is -2.59. The molecular weight excluding hydrogens is 413 g/mol. The Balaban J connectivity index is 1.56. The number of piperazine rings is 1. The molecule has 1 N–H and O–H groups in total. The van der Waals surface area contributed by atoms with Gasteiger partial charge in [-0.3, -0.25) is 9.59 Å². The predicted octanol–water partition coefficient (Wildman–Crippen LogP) is 2.29. The van der Waals surface area contributed by atoms with E-state index in [9.17, 15) is 19.1 Å². The fourth-order valence-corrected chi connectivity index (χ4v) is 3.95. The molecule has 0 radical (unpaired) electrons. The van der Waals surface area contributed by atoms with Crippen molar-refractivity contribution in [3.8, 4) is 11.3 Å². The normalized spacial score (nSPS) is 17.1. The Bertz CT molecular complexity index is 1180. The van der Waals surface area contributed by atoms with Crippen molar-refractivity contribution in [1.29, 1.82) is 0 Å². The topological polar surface area (TPSA) is 91.0 Å². The van der Waals surface area contributed by atoms with Crippen LogP contribution in [0.5, 0.6) is 0 Å². The summed E-state index contributed by atoms with van der Waals surface area (Å²) in [5, 5.41) is 14.6. The summed E-state index contributed by atoms with van der Waals surface area (Å²) in [7, 11) is 0. The lowest BCUT2D eigenvalue weighted by Gasteiger charge is -2.41. The minimum absolute atomic E-state index is 0.228. The van der Waals surface area contributed by atoms with E-state index in [1.807, 2.05) is 19.9 Å². The maximum Gasteiger partial charge on any atom is 0.274 e. The summed E-state index contributed by atoms with van der Waals surface area (Å²) in [6, 6.07) is 7.69. The van der Waals surface area contributed by atoms with Gasteiger partial charge in [-0.15, -0.1) is 0 Å². The van der Waals surface area contributed by atoms with Gasteiger partial charge in [0, 0.05) is 31.2 Å². The van der Waals surface area contributed by atoms with Crippen LogP contribution in [0.1, 0.15) is 36.8 Å². The van der Waals surface area contributed by atoms with Crippen LogP contribution in [0.15, 0.2) is 36.5 Å². The fourth-order valence-electron chi connectivity index (χ4n) is 3.95. The lowest BCUT2D eigenvalue weighted by molar-refractivity contribution is -0.152. The van der Waals surface area contributed by atoms with E-state index in [-0.39, 0.29) is 29.4 Å². The second-order valence-electron chi connectivity index (χ2n) is 8.77. The summed E-state index contributed by atoms with van der Waals surface area (Å²) < 4.78 is 14.8. The van der Waals surface area contributed by atoms with Crippen LogP contribution < -0.4 is 0 Å². The monoisotopic (exact) mass is 439 g/mol. The van der Waals surface area contributed by atoms with Gasteiger partial charge in [-0.1, -0.05) is 0 Å². The number of aryl methyl sites for hydroxylation is 1. The zero-order valence-corrected chi connectivity index (χ0v) is 18.5. The number of aromatic nitrogens is 3. The summed E-state index contributed by atoms with van der Waals surface area (Å²) in [4.78, 5) is 33.3. The molecule has 1 fully saturated rings. The Labute approximate surface area is 185 Å². The molecule has 32 heavy (non-hydrogen) atoms. The summed E-state index contributed by atoms with van der Waals surface area (Å²) in [6.45, 7) is 7.71. The molecule has 0 aliphatic carbocycles. The highest BCUT2D eigenvalue weighted by molar-refractivity contribution is 5.93. The average molecular weight is 439 g/mol. The summed E-state index contributed by atoms with van der Waals surface area (Å²) >= 11 is 0. The summed E-state index contributed by atoms with van der Waals surface area (Å²) in [5.74, 6) is -0.904. The minimum Gasteiger partial charge on any atom is -0.381 e. The number of imidazole rings is 1. The van der Waals surface area contributed by atoms with Gasteiger partial charge in [0.25, 0.3) is 11.8 Å². The van der Waals surface area contributed by atoms with E-state index in [2.05, 4.69) is 10.1 Å². The van der Waals surface area contributed by atoms with E-state index in [1.165, 1.54) is 26.0 Å². The number of hydrogen-bond acceptors (Lipinski definition) is 5. The molecule has 0 spiro atoms. The van der Waals surface area contributed by atoms with E-state index in [0.717, 1.165) is 11.1 Å². The highest BCUT2D eigenvalue weighted by Crippen LogP contribution is 2.22. The minimum atomic E-state index is -1.45. The average Bonchev–Trinajstić information content (AvgIpc) is 3.17. The lowest BCUT2D eigenvalue weighted by atomic mass is 10.1. The number of carbonyl (C=O) groups is 2. The van der Waals surface area contributed by atoms with Crippen LogP contribution in [0.2, 0.25) is 0 Å². The first-order chi connectivity index (χ1) is 15.0. The number of fused-ring (bicyclic) bond motifs is 1. The molecule has 3 heterocycles. The van der Waals surface area contributed by atoms with Crippen LogP contribution in [0, 0.1) is 12.7 Å². The fraction of sp³-hybridized carbons (Fsp3) is 0.391. The molecule has 0 bridgehead atoms. The number of halogens is 1. The zero-order chi connectivity index (χ0) is 23.2. The summed E-state index contributed by atoms with van der Waals surface area (Å²) in [5.41, 5.74) is 1.65. The maximum absolute atomic E-state index is 13.2. The molecule has 1 aliphatic heterocycles. The number of hydrogen-bond donors (Lipinski definition) is 1. The van der Waals surface area contributed by atoms with Crippen molar-refractivity contribution in [3.05, 3.63) is 53.6 Å². The molecular formula is C23H26FN5O3. The second-order valence-corrected chi connectivity index (χ2v) is 8.77. The van der Waals surface area contributed by atoms with Gasteiger partial charge < -0.3 is 14.9 Å². The Hall–Kier alpha value is -3.33. The molecule has 0 saturated carbocycles. The first-order valence-electron chi connectivity index (χ1n) is 10.5. The molecule has 1 aliphatic rings. The molecule has 8 nitrogen and oxygen atoms in total. The third kappa shape index (κ3) is 4.08. The van der Waals surface area contributed by atoms with Gasteiger partial charge in [-0.2, -0.15) is 5.10 Å². The highest BCUT2D eigenvalue weighted by atomic mass is 19.1. The van der Waals surface area contributed by atoms with Crippen molar-refractivity contribution < 1.29 is 19.1 Å².